The monoisotopic (exact) mass is 598 g/mol. The van der Waals surface area contributed by atoms with Crippen molar-refractivity contribution in [3.63, 3.8) is 0 Å². The van der Waals surface area contributed by atoms with Crippen LogP contribution in [0, 0.1) is 0 Å². The van der Waals surface area contributed by atoms with Gasteiger partial charge in [-0.05, 0) is 52.3 Å². The number of para-hydroxylation sites is 3. The van der Waals surface area contributed by atoms with Crippen LogP contribution in [-0.4, -0.2) is 17.0 Å². The van der Waals surface area contributed by atoms with Gasteiger partial charge in [0.2, 0.25) is 5.95 Å². The Hall–Kier alpha value is -6.20. The second-order valence-electron chi connectivity index (χ2n) is 12.2. The van der Waals surface area contributed by atoms with Crippen LogP contribution in [0.1, 0.15) is 0 Å². The molecule has 0 N–H and O–H groups in total. The van der Waals surface area contributed by atoms with E-state index in [1.165, 1.54) is 27.7 Å². The van der Waals surface area contributed by atoms with Gasteiger partial charge in [0, 0.05) is 44.5 Å². The molecule has 10 rings (SSSR count). The lowest BCUT2D eigenvalue weighted by atomic mass is 9.54. The van der Waals surface area contributed by atoms with Crippen molar-refractivity contribution in [3.8, 4) is 33.5 Å². The fourth-order valence-corrected chi connectivity index (χ4v) is 7.63. The summed E-state index contributed by atoms with van der Waals surface area (Å²) in [5.41, 5.74) is 12.4. The number of fused-ring (bicyclic) bond motifs is 7. The molecule has 0 atom stereocenters. The minimum atomic E-state index is -0.232. The van der Waals surface area contributed by atoms with E-state index in [0.29, 0.717) is 5.95 Å². The fraction of sp³-hybridized carbons (Fsp3) is 0. The van der Waals surface area contributed by atoms with Gasteiger partial charge in [0.15, 0.2) is 0 Å². The molecule has 3 heterocycles. The molecule has 1 aromatic heterocycles. The number of rotatable bonds is 3. The van der Waals surface area contributed by atoms with E-state index >= 15 is 0 Å². The molecule has 0 bridgehead atoms. The van der Waals surface area contributed by atoms with Gasteiger partial charge in [-0.2, -0.15) is 0 Å². The summed E-state index contributed by atoms with van der Waals surface area (Å²) in [7, 11) is 0. The first-order chi connectivity index (χ1) is 23.3. The van der Waals surface area contributed by atoms with Crippen LogP contribution in [0.25, 0.3) is 55.2 Å². The quantitative estimate of drug-likeness (QED) is 0.150. The summed E-state index contributed by atoms with van der Waals surface area (Å²) in [4.78, 5) is 15.8. The molecule has 47 heavy (non-hydrogen) atoms. The van der Waals surface area contributed by atoms with Crippen molar-refractivity contribution >= 4 is 57.1 Å². The van der Waals surface area contributed by atoms with E-state index in [0.717, 1.165) is 50.0 Å². The lowest BCUT2D eigenvalue weighted by Gasteiger charge is -2.46. The molecule has 0 unspecified atom stereocenters. The van der Waals surface area contributed by atoms with Gasteiger partial charge in [-0.1, -0.05) is 133 Å². The van der Waals surface area contributed by atoms with Crippen molar-refractivity contribution in [3.05, 3.63) is 164 Å². The maximum Gasteiger partial charge on any atom is 0.424 e. The maximum atomic E-state index is 5.51. The smallest absolute Gasteiger partial charge is 0.361 e. The van der Waals surface area contributed by atoms with Crippen molar-refractivity contribution in [1.29, 1.82) is 0 Å². The molecule has 0 aliphatic carbocycles. The van der Waals surface area contributed by atoms with Crippen LogP contribution in [0.2, 0.25) is 0 Å². The Balaban J connectivity index is 1.34. The van der Waals surface area contributed by atoms with E-state index in [1.807, 2.05) is 0 Å². The SMILES string of the molecule is c1ccc(-c2nc(N3B4c5c(cccc5-c5ccccc53)-c3ccccc3N4c3ccccc3)nc3c2ccc2ccccc23)cc1. The van der Waals surface area contributed by atoms with E-state index in [4.69, 9.17) is 9.97 Å². The van der Waals surface area contributed by atoms with Crippen molar-refractivity contribution in [2.45, 2.75) is 0 Å². The second kappa shape index (κ2) is 10.2. The predicted molar refractivity (Wildman–Crippen MR) is 196 cm³/mol. The molecule has 8 aromatic rings. The molecule has 2 aliphatic heterocycles. The minimum absolute atomic E-state index is 0.232. The predicted octanol–water partition coefficient (Wildman–Crippen LogP) is 9.78. The largest absolute Gasteiger partial charge is 0.424 e. The number of hydrogen-bond donors (Lipinski definition) is 0. The highest BCUT2D eigenvalue weighted by Gasteiger charge is 2.47. The Kier molecular flexibility index (Phi) is 5.63. The lowest BCUT2D eigenvalue weighted by molar-refractivity contribution is 1.13. The van der Waals surface area contributed by atoms with E-state index in [1.54, 1.807) is 0 Å². The van der Waals surface area contributed by atoms with Gasteiger partial charge in [-0.15, -0.1) is 0 Å². The molecule has 4 nitrogen and oxygen atoms in total. The Morgan fingerprint density at radius 1 is 0.426 bits per heavy atom. The van der Waals surface area contributed by atoms with Crippen LogP contribution in [-0.2, 0) is 0 Å². The van der Waals surface area contributed by atoms with Gasteiger partial charge in [-0.3, -0.25) is 0 Å². The summed E-state index contributed by atoms with van der Waals surface area (Å²) in [6.45, 7) is -0.232. The topological polar surface area (TPSA) is 32.3 Å². The minimum Gasteiger partial charge on any atom is -0.361 e. The first-order valence-electron chi connectivity index (χ1n) is 16.1. The van der Waals surface area contributed by atoms with Crippen molar-refractivity contribution in [2.75, 3.05) is 9.62 Å². The first kappa shape index (κ1) is 26.1. The van der Waals surface area contributed by atoms with Gasteiger partial charge in [0.25, 0.3) is 0 Å². The molecule has 0 spiro atoms. The van der Waals surface area contributed by atoms with Crippen LogP contribution < -0.4 is 15.1 Å². The zero-order chi connectivity index (χ0) is 30.9. The average Bonchev–Trinajstić information content (AvgIpc) is 3.15. The molecular weight excluding hydrogens is 571 g/mol. The molecular formula is C42H27BN4. The molecule has 0 saturated heterocycles. The number of hydrogen-bond acceptors (Lipinski definition) is 4. The van der Waals surface area contributed by atoms with Crippen LogP contribution in [0.15, 0.2) is 164 Å². The Bertz CT molecular complexity index is 2480. The van der Waals surface area contributed by atoms with Crippen molar-refractivity contribution < 1.29 is 0 Å². The third-order valence-electron chi connectivity index (χ3n) is 9.64. The van der Waals surface area contributed by atoms with Crippen LogP contribution in [0.4, 0.5) is 23.0 Å². The van der Waals surface area contributed by atoms with E-state index in [9.17, 15) is 0 Å². The van der Waals surface area contributed by atoms with Gasteiger partial charge in [-0.25, -0.2) is 9.97 Å². The van der Waals surface area contributed by atoms with Crippen molar-refractivity contribution in [2.24, 2.45) is 0 Å². The first-order valence-corrected chi connectivity index (χ1v) is 16.1. The third-order valence-corrected chi connectivity index (χ3v) is 9.64. The van der Waals surface area contributed by atoms with Crippen LogP contribution >= 0.6 is 0 Å². The van der Waals surface area contributed by atoms with Crippen LogP contribution in [0.5, 0.6) is 0 Å². The normalized spacial score (nSPS) is 13.0. The highest BCUT2D eigenvalue weighted by Crippen LogP contribution is 2.48. The van der Waals surface area contributed by atoms with Gasteiger partial charge >= 0.3 is 6.98 Å². The molecule has 5 heteroatoms. The molecule has 0 amide bonds. The fourth-order valence-electron chi connectivity index (χ4n) is 7.63. The molecule has 0 saturated carbocycles. The molecule has 7 aromatic carbocycles. The summed E-state index contributed by atoms with van der Waals surface area (Å²) in [5, 5.41) is 3.32. The van der Waals surface area contributed by atoms with Crippen molar-refractivity contribution in [1.82, 2.24) is 9.97 Å². The van der Waals surface area contributed by atoms with Gasteiger partial charge < -0.3 is 9.62 Å². The second-order valence-corrected chi connectivity index (χ2v) is 12.2. The number of nitrogens with zero attached hydrogens (tertiary/aromatic N) is 4. The Labute approximate surface area is 273 Å². The summed E-state index contributed by atoms with van der Waals surface area (Å²) < 4.78 is 0. The zero-order valence-corrected chi connectivity index (χ0v) is 25.5. The highest BCUT2D eigenvalue weighted by molar-refractivity contribution is 6.86. The standard InChI is InChI=1S/C42H27BN4/c1-3-15-29(16-4-1)40-36-27-26-28-14-7-8-19-31(28)41(36)45-42(44-40)47-38-25-12-10-21-33(38)35-23-13-22-34-32-20-9-11-24-37(32)46(43(47)39(34)35)30-17-5-2-6-18-30/h1-27H. The summed E-state index contributed by atoms with van der Waals surface area (Å²) in [5.74, 6) is 0.672. The summed E-state index contributed by atoms with van der Waals surface area (Å²) >= 11 is 0. The summed E-state index contributed by atoms with van der Waals surface area (Å²) in [6.07, 6.45) is 0. The van der Waals surface area contributed by atoms with E-state index in [2.05, 4.69) is 173 Å². The molecule has 0 fully saturated rings. The Morgan fingerprint density at radius 2 is 1.02 bits per heavy atom. The molecule has 2 aliphatic rings. The van der Waals surface area contributed by atoms with E-state index in [-0.39, 0.29) is 6.98 Å². The summed E-state index contributed by atoms with van der Waals surface area (Å²) in [6, 6.07) is 58.3. The van der Waals surface area contributed by atoms with Gasteiger partial charge in [0.1, 0.15) is 0 Å². The highest BCUT2D eigenvalue weighted by atomic mass is 15.3. The van der Waals surface area contributed by atoms with Crippen LogP contribution in [0.3, 0.4) is 0 Å². The van der Waals surface area contributed by atoms with Gasteiger partial charge in [0.05, 0.1) is 11.2 Å². The third kappa shape index (κ3) is 3.83. The Morgan fingerprint density at radius 3 is 1.77 bits per heavy atom. The number of benzene rings is 7. The molecule has 218 valence electrons. The van der Waals surface area contributed by atoms with E-state index < -0.39 is 0 Å². The number of anilines is 4. The lowest BCUT2D eigenvalue weighted by Crippen LogP contribution is -2.62. The number of aromatic nitrogens is 2. The molecule has 0 radical (unpaired) electrons. The zero-order valence-electron chi connectivity index (χ0n) is 25.5. The average molecular weight is 599 g/mol. The maximum absolute atomic E-state index is 5.51.